The number of carbonyl (C=O) groups excluding carboxylic acids is 1. The quantitative estimate of drug-likeness (QED) is 0.862. The Balaban J connectivity index is 1.61. The zero-order valence-corrected chi connectivity index (χ0v) is 15.1. The Bertz CT molecular complexity index is 826. The van der Waals surface area contributed by atoms with Crippen molar-refractivity contribution in [1.29, 1.82) is 0 Å². The highest BCUT2D eigenvalue weighted by atomic mass is 16.2. The van der Waals surface area contributed by atoms with E-state index in [2.05, 4.69) is 48.9 Å². The summed E-state index contributed by atoms with van der Waals surface area (Å²) in [6.45, 7) is 8.87. The van der Waals surface area contributed by atoms with Crippen LogP contribution in [0, 0.1) is 13.8 Å². The number of hydrogen-bond donors (Lipinski definition) is 0. The molecule has 5 heteroatoms. The molecule has 1 amide bonds. The molecule has 3 heterocycles. The number of hydrogen-bond acceptors (Lipinski definition) is 4. The van der Waals surface area contributed by atoms with Gasteiger partial charge >= 0.3 is 0 Å². The lowest BCUT2D eigenvalue weighted by molar-refractivity contribution is 0.0714. The van der Waals surface area contributed by atoms with Crippen molar-refractivity contribution in [3.05, 3.63) is 52.3 Å². The van der Waals surface area contributed by atoms with Gasteiger partial charge in [0.05, 0.1) is 23.8 Å². The molecule has 4 rings (SSSR count). The van der Waals surface area contributed by atoms with Crippen LogP contribution in [0.25, 0.3) is 0 Å². The maximum Gasteiger partial charge on any atom is 0.258 e. The molecular weight excluding hydrogens is 312 g/mol. The Labute approximate surface area is 148 Å². The van der Waals surface area contributed by atoms with Gasteiger partial charge < -0.3 is 9.80 Å². The van der Waals surface area contributed by atoms with E-state index in [-0.39, 0.29) is 11.9 Å². The van der Waals surface area contributed by atoms with E-state index in [1.807, 2.05) is 4.90 Å². The van der Waals surface area contributed by atoms with E-state index in [9.17, 15) is 4.79 Å². The number of benzene rings is 1. The molecule has 25 heavy (non-hydrogen) atoms. The summed E-state index contributed by atoms with van der Waals surface area (Å²) in [7, 11) is 0. The number of carbonyl (C=O) groups is 1. The highest BCUT2D eigenvalue weighted by molar-refractivity contribution is 5.97. The summed E-state index contributed by atoms with van der Waals surface area (Å²) in [5.41, 5.74) is 5.17. The van der Waals surface area contributed by atoms with E-state index < -0.39 is 0 Å². The van der Waals surface area contributed by atoms with E-state index in [0.29, 0.717) is 12.1 Å². The number of fused-ring (bicyclic) bond motifs is 1. The molecule has 1 fully saturated rings. The van der Waals surface area contributed by atoms with Crippen molar-refractivity contribution in [3.8, 4) is 0 Å². The van der Waals surface area contributed by atoms with Gasteiger partial charge in [-0.2, -0.15) is 0 Å². The molecule has 2 aromatic rings. The van der Waals surface area contributed by atoms with Gasteiger partial charge in [-0.25, -0.2) is 9.97 Å². The van der Waals surface area contributed by atoms with Crippen molar-refractivity contribution in [1.82, 2.24) is 14.9 Å². The number of aromatic nitrogens is 2. The van der Waals surface area contributed by atoms with Crippen molar-refractivity contribution in [2.75, 3.05) is 18.0 Å². The molecule has 2 aliphatic rings. The average molecular weight is 336 g/mol. The van der Waals surface area contributed by atoms with Gasteiger partial charge in [-0.15, -0.1) is 0 Å². The molecule has 0 aliphatic carbocycles. The van der Waals surface area contributed by atoms with Crippen LogP contribution in [0.1, 0.15) is 58.5 Å². The van der Waals surface area contributed by atoms with Crippen LogP contribution in [0.3, 0.4) is 0 Å². The van der Waals surface area contributed by atoms with Gasteiger partial charge in [0.1, 0.15) is 0 Å². The van der Waals surface area contributed by atoms with Crippen molar-refractivity contribution in [2.45, 2.75) is 46.2 Å². The molecule has 2 aliphatic heterocycles. The molecule has 1 saturated heterocycles. The Morgan fingerprint density at radius 3 is 2.64 bits per heavy atom. The molecule has 0 N–H and O–H groups in total. The maximum absolute atomic E-state index is 12.9. The van der Waals surface area contributed by atoms with Gasteiger partial charge in [-0.1, -0.05) is 23.8 Å². The highest BCUT2D eigenvalue weighted by Crippen LogP contribution is 2.32. The Kier molecular flexibility index (Phi) is 3.94. The predicted octanol–water partition coefficient (Wildman–Crippen LogP) is 3.41. The minimum Gasteiger partial charge on any atom is -0.341 e. The monoisotopic (exact) mass is 336 g/mol. The molecule has 1 aromatic carbocycles. The average Bonchev–Trinajstić information content (AvgIpc) is 3.22. The normalized spacial score (nSPS) is 18.0. The first-order valence-corrected chi connectivity index (χ1v) is 9.03. The predicted molar refractivity (Wildman–Crippen MR) is 97.7 cm³/mol. The molecule has 1 aromatic heterocycles. The van der Waals surface area contributed by atoms with E-state index >= 15 is 0 Å². The number of anilines is 1. The summed E-state index contributed by atoms with van der Waals surface area (Å²) in [4.78, 5) is 26.1. The van der Waals surface area contributed by atoms with Crippen LogP contribution in [0.4, 0.5) is 5.95 Å². The van der Waals surface area contributed by atoms with E-state index in [4.69, 9.17) is 4.98 Å². The molecule has 0 saturated carbocycles. The van der Waals surface area contributed by atoms with Gasteiger partial charge in [-0.05, 0) is 44.7 Å². The molecule has 1 atom stereocenters. The molecule has 5 nitrogen and oxygen atoms in total. The summed E-state index contributed by atoms with van der Waals surface area (Å²) in [5.74, 6) is 0.806. The first-order chi connectivity index (χ1) is 12.0. The fourth-order valence-corrected chi connectivity index (χ4v) is 3.94. The van der Waals surface area contributed by atoms with Gasteiger partial charge in [0.2, 0.25) is 5.95 Å². The molecular formula is C20H24N4O. The summed E-state index contributed by atoms with van der Waals surface area (Å²) in [6, 6.07) is 6.44. The summed E-state index contributed by atoms with van der Waals surface area (Å²) in [6.07, 6.45) is 4.09. The lowest BCUT2D eigenvalue weighted by Gasteiger charge is -2.26. The summed E-state index contributed by atoms with van der Waals surface area (Å²) < 4.78 is 0. The molecule has 0 radical (unpaired) electrons. The summed E-state index contributed by atoms with van der Waals surface area (Å²) in [5, 5.41) is 0. The lowest BCUT2D eigenvalue weighted by atomic mass is 9.99. The van der Waals surface area contributed by atoms with Crippen LogP contribution >= 0.6 is 0 Å². The topological polar surface area (TPSA) is 49.3 Å². The van der Waals surface area contributed by atoms with Crippen LogP contribution in [0.15, 0.2) is 24.4 Å². The van der Waals surface area contributed by atoms with Gasteiger partial charge in [0, 0.05) is 19.3 Å². The number of aryl methyl sites for hydroxylation is 2. The van der Waals surface area contributed by atoms with Gasteiger partial charge in [0.15, 0.2) is 0 Å². The van der Waals surface area contributed by atoms with E-state index in [0.717, 1.165) is 24.7 Å². The number of rotatable bonds is 3. The first-order valence-electron chi connectivity index (χ1n) is 9.03. The third-order valence-corrected chi connectivity index (χ3v) is 5.40. The Hall–Kier alpha value is -2.43. The van der Waals surface area contributed by atoms with Crippen molar-refractivity contribution in [2.24, 2.45) is 0 Å². The highest BCUT2D eigenvalue weighted by Gasteiger charge is 2.34. The largest absolute Gasteiger partial charge is 0.341 e. The second kappa shape index (κ2) is 6.14. The minimum absolute atomic E-state index is 0.0255. The number of amides is 1. The van der Waals surface area contributed by atoms with Crippen LogP contribution in [0.2, 0.25) is 0 Å². The SMILES string of the molecule is Cc1ccc(C(C)N2Cc3nc(N4CCCC4)ncc3C2=O)c(C)c1. The third kappa shape index (κ3) is 2.77. The van der Waals surface area contributed by atoms with Crippen LogP contribution < -0.4 is 4.90 Å². The molecule has 130 valence electrons. The first kappa shape index (κ1) is 16.1. The zero-order valence-electron chi connectivity index (χ0n) is 15.1. The van der Waals surface area contributed by atoms with Gasteiger partial charge in [0.25, 0.3) is 5.91 Å². The van der Waals surface area contributed by atoms with E-state index in [1.54, 1.807) is 6.20 Å². The second-order valence-electron chi connectivity index (χ2n) is 7.19. The van der Waals surface area contributed by atoms with Crippen LogP contribution in [-0.2, 0) is 6.54 Å². The Morgan fingerprint density at radius 1 is 1.16 bits per heavy atom. The minimum atomic E-state index is 0.0255. The molecule has 0 bridgehead atoms. The molecule has 1 unspecified atom stereocenters. The zero-order chi connectivity index (χ0) is 17.6. The van der Waals surface area contributed by atoms with E-state index in [1.165, 1.54) is 29.5 Å². The van der Waals surface area contributed by atoms with Crippen molar-refractivity contribution < 1.29 is 4.79 Å². The fourth-order valence-electron chi connectivity index (χ4n) is 3.94. The van der Waals surface area contributed by atoms with Crippen LogP contribution in [0.5, 0.6) is 0 Å². The standard InChI is InChI=1S/C20H24N4O/c1-13-6-7-16(14(2)10-13)15(3)24-12-18-17(19(24)25)11-21-20(22-18)23-8-4-5-9-23/h6-7,10-11,15H,4-5,8-9,12H2,1-3H3. The molecule has 0 spiro atoms. The Morgan fingerprint density at radius 2 is 1.92 bits per heavy atom. The third-order valence-electron chi connectivity index (χ3n) is 5.40. The van der Waals surface area contributed by atoms with Crippen molar-refractivity contribution >= 4 is 11.9 Å². The van der Waals surface area contributed by atoms with Crippen molar-refractivity contribution in [3.63, 3.8) is 0 Å². The smallest absolute Gasteiger partial charge is 0.258 e. The van der Waals surface area contributed by atoms with Gasteiger partial charge in [-0.3, -0.25) is 4.79 Å². The maximum atomic E-state index is 12.9. The fraction of sp³-hybridized carbons (Fsp3) is 0.450. The summed E-state index contributed by atoms with van der Waals surface area (Å²) >= 11 is 0. The van der Waals surface area contributed by atoms with Crippen LogP contribution in [-0.4, -0.2) is 33.9 Å². The number of nitrogens with zero attached hydrogens (tertiary/aromatic N) is 4. The lowest BCUT2D eigenvalue weighted by Crippen LogP contribution is -2.27. The second-order valence-corrected chi connectivity index (χ2v) is 7.19.